The van der Waals surface area contributed by atoms with Gasteiger partial charge in [0.2, 0.25) is 5.91 Å². The molecule has 1 heterocycles. The second-order valence-electron chi connectivity index (χ2n) is 6.10. The highest BCUT2D eigenvalue weighted by Crippen LogP contribution is 2.23. The molecule has 0 bridgehead atoms. The number of carbonyl (C=O) groups is 1. The molecule has 0 aliphatic heterocycles. The van der Waals surface area contributed by atoms with Gasteiger partial charge in [0, 0.05) is 23.1 Å². The summed E-state index contributed by atoms with van der Waals surface area (Å²) in [5, 5.41) is 3.57. The van der Waals surface area contributed by atoms with Crippen LogP contribution in [-0.2, 0) is 11.2 Å². The lowest BCUT2D eigenvalue weighted by molar-refractivity contribution is -0.120. The number of carbonyl (C=O) groups excluding carboxylic acids is 1. The van der Waals surface area contributed by atoms with E-state index in [0.717, 1.165) is 22.2 Å². The van der Waals surface area contributed by atoms with Gasteiger partial charge < -0.3 is 15.0 Å². The molecule has 0 atom stereocenters. The summed E-state index contributed by atoms with van der Waals surface area (Å²) >= 11 is 0. The average molecular weight is 358 g/mol. The molecule has 0 aliphatic carbocycles. The summed E-state index contributed by atoms with van der Waals surface area (Å²) in [5.41, 5.74) is 2.49. The number of nitrogens with one attached hydrogen (secondary N) is 2. The van der Waals surface area contributed by atoms with Gasteiger partial charge in [-0.25, -0.2) is 8.78 Å². The highest BCUT2D eigenvalue weighted by molar-refractivity contribution is 5.90. The number of rotatable bonds is 7. The number of ether oxygens (including phenoxy) is 1. The topological polar surface area (TPSA) is 54.1 Å². The molecule has 2 N–H and O–H groups in total. The van der Waals surface area contributed by atoms with Crippen molar-refractivity contribution in [1.29, 1.82) is 0 Å². The number of aryl methyl sites for hydroxylation is 1. The van der Waals surface area contributed by atoms with Crippen LogP contribution in [-0.4, -0.2) is 24.0 Å². The molecule has 26 heavy (non-hydrogen) atoms. The predicted molar refractivity (Wildman–Crippen MR) is 96.2 cm³/mol. The Hall–Kier alpha value is -2.89. The van der Waals surface area contributed by atoms with Crippen molar-refractivity contribution in [3.8, 4) is 5.75 Å². The van der Waals surface area contributed by atoms with Crippen LogP contribution in [0.3, 0.4) is 0 Å². The molecule has 6 heteroatoms. The second kappa shape index (κ2) is 7.99. The lowest BCUT2D eigenvalue weighted by atomic mass is 10.1. The fourth-order valence-electron chi connectivity index (χ4n) is 2.83. The van der Waals surface area contributed by atoms with E-state index in [1.807, 2.05) is 6.92 Å². The van der Waals surface area contributed by atoms with E-state index in [2.05, 4.69) is 10.3 Å². The largest absolute Gasteiger partial charge is 0.494 e. The predicted octanol–water partition coefficient (Wildman–Crippen LogP) is 3.88. The van der Waals surface area contributed by atoms with Crippen LogP contribution in [0.5, 0.6) is 5.75 Å². The molecule has 3 rings (SSSR count). The first-order chi connectivity index (χ1) is 12.5. The maximum absolute atomic E-state index is 13.5. The molecule has 2 aromatic carbocycles. The van der Waals surface area contributed by atoms with Crippen molar-refractivity contribution in [2.24, 2.45) is 0 Å². The average Bonchev–Trinajstić information content (AvgIpc) is 2.91. The van der Waals surface area contributed by atoms with Gasteiger partial charge >= 0.3 is 0 Å². The van der Waals surface area contributed by atoms with Crippen LogP contribution in [0.15, 0.2) is 42.5 Å². The summed E-state index contributed by atoms with van der Waals surface area (Å²) < 4.78 is 31.7. The Bertz CT molecular complexity index is 904. The van der Waals surface area contributed by atoms with Crippen LogP contribution < -0.4 is 10.1 Å². The third-order valence-electron chi connectivity index (χ3n) is 4.14. The van der Waals surface area contributed by atoms with Gasteiger partial charge in [0.05, 0.1) is 13.0 Å². The van der Waals surface area contributed by atoms with Gasteiger partial charge in [-0.05, 0) is 61.4 Å². The van der Waals surface area contributed by atoms with Crippen molar-refractivity contribution in [2.45, 2.75) is 19.8 Å². The third-order valence-corrected chi connectivity index (χ3v) is 4.14. The second-order valence-corrected chi connectivity index (χ2v) is 6.10. The normalized spacial score (nSPS) is 10.9. The van der Waals surface area contributed by atoms with E-state index in [9.17, 15) is 13.6 Å². The van der Waals surface area contributed by atoms with E-state index in [1.165, 1.54) is 24.3 Å². The molecule has 0 saturated heterocycles. The first-order valence-electron chi connectivity index (χ1n) is 8.44. The summed E-state index contributed by atoms with van der Waals surface area (Å²) in [7, 11) is 0. The standard InChI is InChI=1S/C20H20F2N2O2/c1-13-17(18-11-15(22)5-8-19(18)24-13)12-20(25)23-9-2-10-26-16-6-3-14(21)4-7-16/h3-8,11,24H,2,9-10,12H2,1H3,(H,23,25). The van der Waals surface area contributed by atoms with E-state index in [-0.39, 0.29) is 24.0 Å². The lowest BCUT2D eigenvalue weighted by Gasteiger charge is -2.08. The maximum atomic E-state index is 13.5. The van der Waals surface area contributed by atoms with Gasteiger partial charge in [0.1, 0.15) is 17.4 Å². The minimum absolute atomic E-state index is 0.125. The quantitative estimate of drug-likeness (QED) is 0.630. The van der Waals surface area contributed by atoms with Crippen molar-refractivity contribution in [3.05, 3.63) is 65.4 Å². The zero-order chi connectivity index (χ0) is 18.5. The van der Waals surface area contributed by atoms with E-state index < -0.39 is 0 Å². The van der Waals surface area contributed by atoms with Crippen LogP contribution in [0.1, 0.15) is 17.7 Å². The van der Waals surface area contributed by atoms with Crippen LogP contribution in [0, 0.1) is 18.6 Å². The fraction of sp³-hybridized carbons (Fsp3) is 0.250. The number of hydrogen-bond acceptors (Lipinski definition) is 2. The van der Waals surface area contributed by atoms with Crippen molar-refractivity contribution < 1.29 is 18.3 Å². The number of aromatic amines is 1. The maximum Gasteiger partial charge on any atom is 0.224 e. The molecule has 0 unspecified atom stereocenters. The van der Waals surface area contributed by atoms with Gasteiger partial charge in [-0.3, -0.25) is 4.79 Å². The minimum Gasteiger partial charge on any atom is -0.494 e. The van der Waals surface area contributed by atoms with Gasteiger partial charge in [0.15, 0.2) is 0 Å². The zero-order valence-corrected chi connectivity index (χ0v) is 14.4. The summed E-state index contributed by atoms with van der Waals surface area (Å²) in [4.78, 5) is 15.3. The van der Waals surface area contributed by atoms with Gasteiger partial charge in [-0.1, -0.05) is 0 Å². The van der Waals surface area contributed by atoms with Gasteiger partial charge in [-0.2, -0.15) is 0 Å². The Kier molecular flexibility index (Phi) is 5.51. The Morgan fingerprint density at radius 1 is 1.12 bits per heavy atom. The summed E-state index contributed by atoms with van der Waals surface area (Å²) in [6, 6.07) is 10.3. The van der Waals surface area contributed by atoms with Gasteiger partial charge in [-0.15, -0.1) is 0 Å². The number of halogens is 2. The molecule has 0 spiro atoms. The Morgan fingerprint density at radius 2 is 1.85 bits per heavy atom. The van der Waals surface area contributed by atoms with Crippen LogP contribution in [0.2, 0.25) is 0 Å². The highest BCUT2D eigenvalue weighted by Gasteiger charge is 2.13. The molecule has 1 aromatic heterocycles. The lowest BCUT2D eigenvalue weighted by Crippen LogP contribution is -2.27. The molecule has 1 amide bonds. The number of fused-ring (bicyclic) bond motifs is 1. The number of benzene rings is 2. The molecular weight excluding hydrogens is 338 g/mol. The SMILES string of the molecule is Cc1[nH]c2ccc(F)cc2c1CC(=O)NCCCOc1ccc(F)cc1. The van der Waals surface area contributed by atoms with E-state index in [4.69, 9.17) is 4.74 Å². The molecule has 3 aromatic rings. The zero-order valence-electron chi connectivity index (χ0n) is 14.4. The molecule has 0 radical (unpaired) electrons. The Labute approximate surface area is 150 Å². The van der Waals surface area contributed by atoms with Crippen molar-refractivity contribution >= 4 is 16.8 Å². The van der Waals surface area contributed by atoms with E-state index in [1.54, 1.807) is 18.2 Å². The first kappa shape index (κ1) is 17.9. The number of amides is 1. The fourth-order valence-corrected chi connectivity index (χ4v) is 2.83. The number of aromatic nitrogens is 1. The highest BCUT2D eigenvalue weighted by atomic mass is 19.1. The van der Waals surface area contributed by atoms with Gasteiger partial charge in [0.25, 0.3) is 0 Å². The molecule has 136 valence electrons. The van der Waals surface area contributed by atoms with Crippen molar-refractivity contribution in [2.75, 3.05) is 13.2 Å². The third kappa shape index (κ3) is 4.39. The van der Waals surface area contributed by atoms with E-state index >= 15 is 0 Å². The smallest absolute Gasteiger partial charge is 0.224 e. The molecular formula is C20H20F2N2O2. The molecule has 0 fully saturated rings. The number of H-pyrrole nitrogens is 1. The van der Waals surface area contributed by atoms with Crippen molar-refractivity contribution in [3.63, 3.8) is 0 Å². The Morgan fingerprint density at radius 3 is 2.62 bits per heavy atom. The monoisotopic (exact) mass is 358 g/mol. The van der Waals surface area contributed by atoms with Crippen LogP contribution >= 0.6 is 0 Å². The summed E-state index contributed by atoms with van der Waals surface area (Å²) in [6.07, 6.45) is 0.818. The van der Waals surface area contributed by atoms with Crippen LogP contribution in [0.4, 0.5) is 8.78 Å². The first-order valence-corrected chi connectivity index (χ1v) is 8.44. The molecule has 0 aliphatic rings. The summed E-state index contributed by atoms with van der Waals surface area (Å²) in [5.74, 6) is -0.164. The minimum atomic E-state index is -0.323. The van der Waals surface area contributed by atoms with E-state index in [0.29, 0.717) is 25.3 Å². The molecule has 0 saturated carbocycles. The number of hydrogen-bond donors (Lipinski definition) is 2. The van der Waals surface area contributed by atoms with Crippen molar-refractivity contribution in [1.82, 2.24) is 10.3 Å². The Balaban J connectivity index is 1.46. The summed E-state index contributed by atoms with van der Waals surface area (Å²) in [6.45, 7) is 2.76. The molecule has 4 nitrogen and oxygen atoms in total. The van der Waals surface area contributed by atoms with Crippen LogP contribution in [0.25, 0.3) is 10.9 Å².